The fourth-order valence-electron chi connectivity index (χ4n) is 7.59. The van der Waals surface area contributed by atoms with E-state index in [0.717, 1.165) is 23.9 Å². The quantitative estimate of drug-likeness (QED) is 0.269. The molecule has 0 aromatic rings. The van der Waals surface area contributed by atoms with Gasteiger partial charge in [0.2, 0.25) is 0 Å². The smallest absolute Gasteiger partial charge is 0.0129 e. The molecule has 1 N–H and O–H groups in total. The van der Waals surface area contributed by atoms with Gasteiger partial charge in [0.15, 0.2) is 0 Å². The molecule has 0 bridgehead atoms. The number of rotatable bonds is 14. The Bertz CT molecular complexity index is 411. The van der Waals surface area contributed by atoms with Crippen LogP contribution in [0.1, 0.15) is 157 Å². The first-order valence-corrected chi connectivity index (χ1v) is 14.7. The van der Waals surface area contributed by atoms with Crippen LogP contribution in [0.5, 0.6) is 0 Å². The molecule has 0 saturated heterocycles. The summed E-state index contributed by atoms with van der Waals surface area (Å²) in [4.78, 5) is 0. The summed E-state index contributed by atoms with van der Waals surface area (Å²) >= 11 is 0. The van der Waals surface area contributed by atoms with Gasteiger partial charge in [-0.25, -0.2) is 0 Å². The average molecular weight is 434 g/mol. The summed E-state index contributed by atoms with van der Waals surface area (Å²) in [5.74, 6) is 1.59. The van der Waals surface area contributed by atoms with Gasteiger partial charge < -0.3 is 5.32 Å². The monoisotopic (exact) mass is 433 g/mol. The minimum absolute atomic E-state index is 0.530. The molecule has 2 aliphatic rings. The summed E-state index contributed by atoms with van der Waals surface area (Å²) in [7, 11) is 0. The van der Waals surface area contributed by atoms with E-state index in [9.17, 15) is 0 Å². The molecule has 2 saturated carbocycles. The maximum atomic E-state index is 4.56. The molecule has 1 heteroatoms. The van der Waals surface area contributed by atoms with Crippen molar-refractivity contribution in [1.82, 2.24) is 5.32 Å². The van der Waals surface area contributed by atoms with Crippen LogP contribution in [0, 0.1) is 22.7 Å². The molecule has 0 spiro atoms. The summed E-state index contributed by atoms with van der Waals surface area (Å²) in [6.45, 7) is 14.9. The lowest BCUT2D eigenvalue weighted by atomic mass is 9.59. The summed E-state index contributed by atoms with van der Waals surface area (Å²) in [6.07, 6.45) is 25.8. The molecule has 0 aromatic carbocycles. The van der Waals surface area contributed by atoms with Crippen LogP contribution >= 0.6 is 0 Å². The van der Waals surface area contributed by atoms with Gasteiger partial charge in [-0.05, 0) is 61.2 Å². The number of hydrogen-bond donors (Lipinski definition) is 1. The van der Waals surface area contributed by atoms with E-state index in [1.165, 1.54) is 116 Å². The Morgan fingerprint density at radius 1 is 0.548 bits per heavy atom. The third-order valence-electron chi connectivity index (χ3n) is 9.85. The molecule has 0 aliphatic heterocycles. The van der Waals surface area contributed by atoms with Gasteiger partial charge in [0.1, 0.15) is 0 Å². The molecule has 2 aliphatic carbocycles. The first-order valence-electron chi connectivity index (χ1n) is 14.7. The Morgan fingerprint density at radius 2 is 0.903 bits per heavy atom. The van der Waals surface area contributed by atoms with Gasteiger partial charge in [-0.15, -0.1) is 0 Å². The second-order valence-corrected chi connectivity index (χ2v) is 12.2. The van der Waals surface area contributed by atoms with Crippen LogP contribution in [0.3, 0.4) is 0 Å². The van der Waals surface area contributed by atoms with E-state index in [-0.39, 0.29) is 0 Å². The van der Waals surface area contributed by atoms with Gasteiger partial charge in [0.05, 0.1) is 0 Å². The molecule has 0 radical (unpaired) electrons. The molecule has 2 fully saturated rings. The van der Waals surface area contributed by atoms with Crippen molar-refractivity contribution in [3.63, 3.8) is 0 Å². The van der Waals surface area contributed by atoms with Crippen molar-refractivity contribution >= 4 is 0 Å². The topological polar surface area (TPSA) is 12.0 Å². The highest BCUT2D eigenvalue weighted by atomic mass is 15.0. The molecule has 2 unspecified atom stereocenters. The lowest BCUT2D eigenvalue weighted by molar-refractivity contribution is 0.00601. The second kappa shape index (κ2) is 13.6. The van der Waals surface area contributed by atoms with Crippen molar-refractivity contribution in [2.75, 3.05) is 0 Å². The van der Waals surface area contributed by atoms with Crippen molar-refractivity contribution in [1.29, 1.82) is 0 Å². The highest BCUT2D eigenvalue weighted by Crippen LogP contribution is 2.50. The van der Waals surface area contributed by atoms with Crippen molar-refractivity contribution in [3.8, 4) is 0 Å². The fraction of sp³-hybridized carbons (Fsp3) is 1.00. The van der Waals surface area contributed by atoms with Crippen LogP contribution in [-0.4, -0.2) is 12.1 Å². The lowest BCUT2D eigenvalue weighted by Gasteiger charge is -2.53. The van der Waals surface area contributed by atoms with E-state index in [1.54, 1.807) is 0 Å². The SMILES string of the molecule is CCCCCC(NC(CCCCC)C1(C(C)C)CCCCC1)C1(C(C)C)CCCCC1. The minimum atomic E-state index is 0.530. The van der Waals surface area contributed by atoms with Crippen molar-refractivity contribution in [2.45, 2.75) is 169 Å². The van der Waals surface area contributed by atoms with Gasteiger partial charge in [0.25, 0.3) is 0 Å². The van der Waals surface area contributed by atoms with Gasteiger partial charge >= 0.3 is 0 Å². The van der Waals surface area contributed by atoms with Crippen LogP contribution < -0.4 is 5.32 Å². The molecule has 2 rings (SSSR count). The standard InChI is InChI=1S/C30H59N/c1-7-9-13-19-27(29(25(3)4)21-15-11-16-22-29)31-28(20-14-10-8-2)30(26(5)6)23-17-12-18-24-30/h25-28,31H,7-24H2,1-6H3. The predicted octanol–water partition coefficient (Wildman–Crippen LogP) is 9.69. The molecular weight excluding hydrogens is 374 g/mol. The first-order chi connectivity index (χ1) is 14.9. The third-order valence-corrected chi connectivity index (χ3v) is 9.85. The van der Waals surface area contributed by atoms with Crippen LogP contribution in [0.4, 0.5) is 0 Å². The molecule has 1 nitrogen and oxygen atoms in total. The zero-order valence-electron chi connectivity index (χ0n) is 22.5. The normalized spacial score (nSPS) is 23.2. The van der Waals surface area contributed by atoms with E-state index in [2.05, 4.69) is 46.9 Å². The van der Waals surface area contributed by atoms with Crippen molar-refractivity contribution in [2.24, 2.45) is 22.7 Å². The predicted molar refractivity (Wildman–Crippen MR) is 140 cm³/mol. The van der Waals surface area contributed by atoms with E-state index in [0.29, 0.717) is 10.8 Å². The molecular formula is C30H59N. The highest BCUT2D eigenvalue weighted by molar-refractivity contribution is 5.01. The van der Waals surface area contributed by atoms with Gasteiger partial charge in [0, 0.05) is 12.1 Å². The summed E-state index contributed by atoms with van der Waals surface area (Å²) in [5, 5.41) is 4.56. The molecule has 31 heavy (non-hydrogen) atoms. The Labute approximate surface area is 197 Å². The van der Waals surface area contributed by atoms with Crippen LogP contribution in [0.25, 0.3) is 0 Å². The maximum absolute atomic E-state index is 4.56. The van der Waals surface area contributed by atoms with E-state index < -0.39 is 0 Å². The highest BCUT2D eigenvalue weighted by Gasteiger charge is 2.47. The summed E-state index contributed by atoms with van der Waals surface area (Å²) < 4.78 is 0. The van der Waals surface area contributed by atoms with Crippen LogP contribution in [0.15, 0.2) is 0 Å². The Balaban J connectivity index is 2.33. The Hall–Kier alpha value is -0.0400. The molecule has 0 aromatic heterocycles. The molecule has 184 valence electrons. The summed E-state index contributed by atoms with van der Waals surface area (Å²) in [6, 6.07) is 1.45. The second-order valence-electron chi connectivity index (χ2n) is 12.2. The molecule has 0 amide bonds. The number of unbranched alkanes of at least 4 members (excludes halogenated alkanes) is 4. The largest absolute Gasteiger partial charge is 0.310 e. The Morgan fingerprint density at radius 3 is 1.19 bits per heavy atom. The summed E-state index contributed by atoms with van der Waals surface area (Å²) in [5.41, 5.74) is 1.06. The first kappa shape index (κ1) is 27.2. The zero-order chi connectivity index (χ0) is 22.7. The molecule has 2 atom stereocenters. The van der Waals surface area contributed by atoms with Gasteiger partial charge in [-0.1, -0.05) is 119 Å². The lowest BCUT2D eigenvalue weighted by Crippen LogP contribution is -2.58. The van der Waals surface area contributed by atoms with E-state index in [4.69, 9.17) is 0 Å². The third kappa shape index (κ3) is 6.97. The maximum Gasteiger partial charge on any atom is 0.0129 e. The van der Waals surface area contributed by atoms with E-state index >= 15 is 0 Å². The number of nitrogens with one attached hydrogen (secondary N) is 1. The van der Waals surface area contributed by atoms with Gasteiger partial charge in [-0.3, -0.25) is 0 Å². The van der Waals surface area contributed by atoms with Crippen LogP contribution in [0.2, 0.25) is 0 Å². The fourth-order valence-corrected chi connectivity index (χ4v) is 7.59. The van der Waals surface area contributed by atoms with Gasteiger partial charge in [-0.2, -0.15) is 0 Å². The molecule has 0 heterocycles. The van der Waals surface area contributed by atoms with Crippen LogP contribution in [-0.2, 0) is 0 Å². The average Bonchev–Trinajstić information content (AvgIpc) is 2.78. The Kier molecular flexibility index (Phi) is 11.9. The minimum Gasteiger partial charge on any atom is -0.310 e. The van der Waals surface area contributed by atoms with Crippen molar-refractivity contribution in [3.05, 3.63) is 0 Å². The number of hydrogen-bond acceptors (Lipinski definition) is 1. The van der Waals surface area contributed by atoms with Crippen molar-refractivity contribution < 1.29 is 0 Å². The zero-order valence-corrected chi connectivity index (χ0v) is 22.5. The van der Waals surface area contributed by atoms with E-state index in [1.807, 2.05) is 0 Å².